The second kappa shape index (κ2) is 7.33. The summed E-state index contributed by atoms with van der Waals surface area (Å²) in [6, 6.07) is 6.43. The van der Waals surface area contributed by atoms with Crippen LogP contribution in [0.3, 0.4) is 0 Å². The van der Waals surface area contributed by atoms with E-state index in [2.05, 4.69) is 12.2 Å². The average molecular weight is 375 g/mol. The smallest absolute Gasteiger partial charge is 0.287 e. The van der Waals surface area contributed by atoms with Gasteiger partial charge in [-0.2, -0.15) is 0 Å². The van der Waals surface area contributed by atoms with Crippen molar-refractivity contribution in [1.82, 2.24) is 5.32 Å². The van der Waals surface area contributed by atoms with E-state index in [0.29, 0.717) is 11.7 Å². The zero-order valence-electron chi connectivity index (χ0n) is 15.2. The van der Waals surface area contributed by atoms with E-state index < -0.39 is 11.6 Å². The van der Waals surface area contributed by atoms with Crippen LogP contribution < -0.4 is 10.1 Å². The molecule has 0 spiro atoms. The summed E-state index contributed by atoms with van der Waals surface area (Å²) in [6.07, 6.45) is 5.11. The highest BCUT2D eigenvalue weighted by molar-refractivity contribution is 5.91. The molecule has 0 aliphatic heterocycles. The zero-order valence-corrected chi connectivity index (χ0v) is 15.2. The van der Waals surface area contributed by atoms with E-state index in [1.807, 2.05) is 0 Å². The van der Waals surface area contributed by atoms with Gasteiger partial charge < -0.3 is 14.5 Å². The number of carbonyl (C=O) groups excluding carboxylic acids is 1. The Hall–Kier alpha value is -2.37. The minimum Gasteiger partial charge on any atom is -0.483 e. The molecule has 2 aliphatic carbocycles. The second-order valence-electron chi connectivity index (χ2n) is 7.73. The lowest BCUT2D eigenvalue weighted by Gasteiger charge is -2.28. The number of rotatable bonds is 6. The molecule has 1 heterocycles. The normalized spacial score (nSPS) is 24.8. The Bertz CT molecular complexity index is 835. The fourth-order valence-electron chi connectivity index (χ4n) is 4.61. The van der Waals surface area contributed by atoms with Crippen molar-refractivity contribution in [2.75, 3.05) is 0 Å². The molecular formula is C21H23F2NO3. The summed E-state index contributed by atoms with van der Waals surface area (Å²) >= 11 is 0. The Morgan fingerprint density at radius 3 is 2.81 bits per heavy atom. The molecule has 0 radical (unpaired) electrons. The summed E-state index contributed by atoms with van der Waals surface area (Å²) in [4.78, 5) is 12.4. The van der Waals surface area contributed by atoms with Gasteiger partial charge in [0, 0.05) is 12.1 Å². The first-order valence-corrected chi connectivity index (χ1v) is 9.47. The number of nitrogens with one attached hydrogen (secondary N) is 1. The SMILES string of the molecule is CC(NC(=O)c1ccc(COc2ccc(F)cc2F)o1)C1CC2CCC1C2. The van der Waals surface area contributed by atoms with Gasteiger partial charge in [-0.3, -0.25) is 4.79 Å². The quantitative estimate of drug-likeness (QED) is 0.797. The first-order chi connectivity index (χ1) is 13.0. The summed E-state index contributed by atoms with van der Waals surface area (Å²) in [7, 11) is 0. The summed E-state index contributed by atoms with van der Waals surface area (Å²) in [5.74, 6) is 0.968. The molecule has 1 N–H and O–H groups in total. The number of hydrogen-bond acceptors (Lipinski definition) is 3. The highest BCUT2D eigenvalue weighted by Gasteiger charge is 2.42. The van der Waals surface area contributed by atoms with E-state index in [-0.39, 0.29) is 30.1 Å². The van der Waals surface area contributed by atoms with Gasteiger partial charge in [0.2, 0.25) is 0 Å². The van der Waals surface area contributed by atoms with Crippen LogP contribution in [0.25, 0.3) is 0 Å². The fourth-order valence-corrected chi connectivity index (χ4v) is 4.61. The maximum atomic E-state index is 13.6. The number of hydrogen-bond donors (Lipinski definition) is 1. The van der Waals surface area contributed by atoms with Crippen LogP contribution in [0, 0.1) is 29.4 Å². The van der Waals surface area contributed by atoms with Crippen molar-refractivity contribution in [2.24, 2.45) is 17.8 Å². The number of furan rings is 1. The summed E-state index contributed by atoms with van der Waals surface area (Å²) < 4.78 is 37.3. The predicted molar refractivity (Wildman–Crippen MR) is 95.3 cm³/mol. The first kappa shape index (κ1) is 18.0. The molecule has 4 nitrogen and oxygen atoms in total. The molecule has 2 aromatic rings. The van der Waals surface area contributed by atoms with Gasteiger partial charge in [-0.05, 0) is 68.2 Å². The zero-order chi connectivity index (χ0) is 19.0. The average Bonchev–Trinajstić information content (AvgIpc) is 3.37. The maximum absolute atomic E-state index is 13.6. The van der Waals surface area contributed by atoms with Crippen LogP contribution in [0.15, 0.2) is 34.7 Å². The molecule has 1 aromatic heterocycles. The van der Waals surface area contributed by atoms with Crippen molar-refractivity contribution in [3.05, 3.63) is 53.5 Å². The monoisotopic (exact) mass is 375 g/mol. The third kappa shape index (κ3) is 3.84. The number of ether oxygens (including phenoxy) is 1. The van der Waals surface area contributed by atoms with Gasteiger partial charge in [0.25, 0.3) is 5.91 Å². The molecule has 144 valence electrons. The Kier molecular flexibility index (Phi) is 4.89. The molecular weight excluding hydrogens is 352 g/mol. The van der Waals surface area contributed by atoms with Crippen LogP contribution in [0.1, 0.15) is 48.9 Å². The molecule has 1 amide bonds. The second-order valence-corrected chi connectivity index (χ2v) is 7.73. The Morgan fingerprint density at radius 2 is 2.11 bits per heavy atom. The maximum Gasteiger partial charge on any atom is 0.287 e. The van der Waals surface area contributed by atoms with Crippen LogP contribution in [0.5, 0.6) is 5.75 Å². The topological polar surface area (TPSA) is 51.5 Å². The third-order valence-electron chi connectivity index (χ3n) is 5.94. The minimum atomic E-state index is -0.779. The molecule has 4 atom stereocenters. The largest absolute Gasteiger partial charge is 0.483 e. The Morgan fingerprint density at radius 1 is 1.26 bits per heavy atom. The van der Waals surface area contributed by atoms with Crippen LogP contribution in [-0.4, -0.2) is 11.9 Å². The molecule has 2 aliphatic rings. The first-order valence-electron chi connectivity index (χ1n) is 9.47. The highest BCUT2D eigenvalue weighted by Crippen LogP contribution is 2.49. The van der Waals surface area contributed by atoms with Crippen molar-refractivity contribution >= 4 is 5.91 Å². The van der Waals surface area contributed by atoms with Gasteiger partial charge in [-0.1, -0.05) is 6.42 Å². The lowest BCUT2D eigenvalue weighted by molar-refractivity contribution is 0.0883. The molecule has 2 saturated carbocycles. The van der Waals surface area contributed by atoms with Gasteiger partial charge >= 0.3 is 0 Å². The van der Waals surface area contributed by atoms with Gasteiger partial charge in [-0.15, -0.1) is 0 Å². The lowest BCUT2D eigenvalue weighted by Crippen LogP contribution is -2.40. The molecule has 0 saturated heterocycles. The Labute approximate surface area is 156 Å². The molecule has 4 unspecified atom stereocenters. The number of amides is 1. The van der Waals surface area contributed by atoms with E-state index in [1.54, 1.807) is 12.1 Å². The van der Waals surface area contributed by atoms with E-state index in [9.17, 15) is 13.6 Å². The fraction of sp³-hybridized carbons (Fsp3) is 0.476. The van der Waals surface area contributed by atoms with E-state index in [0.717, 1.165) is 24.0 Å². The molecule has 27 heavy (non-hydrogen) atoms. The molecule has 6 heteroatoms. The number of fused-ring (bicyclic) bond motifs is 2. The summed E-state index contributed by atoms with van der Waals surface area (Å²) in [5.41, 5.74) is 0. The van der Waals surface area contributed by atoms with Gasteiger partial charge in [0.05, 0.1) is 0 Å². The molecule has 2 bridgehead atoms. The van der Waals surface area contributed by atoms with Crippen molar-refractivity contribution in [3.8, 4) is 5.75 Å². The number of benzene rings is 1. The van der Waals surface area contributed by atoms with Crippen molar-refractivity contribution in [3.63, 3.8) is 0 Å². The van der Waals surface area contributed by atoms with Crippen molar-refractivity contribution in [1.29, 1.82) is 0 Å². The van der Waals surface area contributed by atoms with Crippen LogP contribution >= 0.6 is 0 Å². The van der Waals surface area contributed by atoms with Gasteiger partial charge in [0.15, 0.2) is 17.3 Å². The highest BCUT2D eigenvalue weighted by atomic mass is 19.1. The van der Waals surface area contributed by atoms with Crippen LogP contribution in [0.4, 0.5) is 8.78 Å². The van der Waals surface area contributed by atoms with Gasteiger partial charge in [-0.25, -0.2) is 8.78 Å². The minimum absolute atomic E-state index is 0.0439. The summed E-state index contributed by atoms with van der Waals surface area (Å²) in [6.45, 7) is 2.02. The molecule has 4 rings (SSSR count). The van der Waals surface area contributed by atoms with Gasteiger partial charge in [0.1, 0.15) is 18.2 Å². The van der Waals surface area contributed by atoms with Crippen LogP contribution in [0.2, 0.25) is 0 Å². The predicted octanol–water partition coefficient (Wildman–Crippen LogP) is 4.69. The standard InChI is InChI=1S/C21H23F2NO3/c1-12(17-9-13-2-3-14(17)8-13)24-21(25)20-7-5-16(27-20)11-26-19-6-4-15(22)10-18(19)23/h4-7,10,12-14,17H,2-3,8-9,11H2,1H3,(H,24,25). The van der Waals surface area contributed by atoms with Crippen LogP contribution in [-0.2, 0) is 6.61 Å². The third-order valence-corrected chi connectivity index (χ3v) is 5.94. The number of halogens is 2. The van der Waals surface area contributed by atoms with E-state index in [1.165, 1.54) is 31.7 Å². The molecule has 1 aromatic carbocycles. The summed E-state index contributed by atoms with van der Waals surface area (Å²) in [5, 5.41) is 3.05. The number of carbonyl (C=O) groups is 1. The molecule has 2 fully saturated rings. The van der Waals surface area contributed by atoms with E-state index in [4.69, 9.17) is 9.15 Å². The van der Waals surface area contributed by atoms with Crippen molar-refractivity contribution < 1.29 is 22.7 Å². The van der Waals surface area contributed by atoms with E-state index >= 15 is 0 Å². The van der Waals surface area contributed by atoms with Crippen molar-refractivity contribution in [2.45, 2.75) is 45.3 Å². The Balaban J connectivity index is 1.32. The lowest BCUT2D eigenvalue weighted by atomic mass is 9.84.